The lowest BCUT2D eigenvalue weighted by molar-refractivity contribution is 0.102. The smallest absolute Gasteiger partial charge is 0.259 e. The zero-order valence-electron chi connectivity index (χ0n) is 22.5. The number of halogens is 2. The van der Waals surface area contributed by atoms with E-state index >= 15 is 0 Å². The van der Waals surface area contributed by atoms with Crippen LogP contribution in [-0.2, 0) is 6.42 Å². The lowest BCUT2D eigenvalue weighted by Gasteiger charge is -2.17. The maximum atomic E-state index is 13.5. The zero-order valence-corrected chi connectivity index (χ0v) is 23.3. The van der Waals surface area contributed by atoms with E-state index in [-0.39, 0.29) is 17.0 Å². The molecule has 0 atom stereocenters. The van der Waals surface area contributed by atoms with Gasteiger partial charge in [0.15, 0.2) is 0 Å². The largest absolute Gasteiger partial charge is 0.490 e. The Morgan fingerprint density at radius 2 is 1.47 bits per heavy atom. The quantitative estimate of drug-likeness (QED) is 0.200. The number of benzene rings is 2. The van der Waals surface area contributed by atoms with Crippen molar-refractivity contribution in [1.82, 2.24) is 0 Å². The summed E-state index contributed by atoms with van der Waals surface area (Å²) < 4.78 is 19.5. The Kier molecular flexibility index (Phi) is 14.6. The summed E-state index contributed by atoms with van der Waals surface area (Å²) in [5.74, 6) is -0.206. The molecular formula is C31H45ClFNO2. The molecule has 0 aliphatic rings. The summed E-state index contributed by atoms with van der Waals surface area (Å²) in [7, 11) is 0. The van der Waals surface area contributed by atoms with Crippen LogP contribution in [0.4, 0.5) is 10.1 Å². The Balaban J connectivity index is 1.83. The molecular weight excluding hydrogens is 473 g/mol. The van der Waals surface area contributed by atoms with Crippen molar-refractivity contribution < 1.29 is 13.9 Å². The van der Waals surface area contributed by atoms with Gasteiger partial charge < -0.3 is 10.1 Å². The van der Waals surface area contributed by atoms with Crippen LogP contribution in [0.5, 0.6) is 5.75 Å². The van der Waals surface area contributed by atoms with Gasteiger partial charge in [0.05, 0.1) is 16.7 Å². The van der Waals surface area contributed by atoms with Gasteiger partial charge in [-0.05, 0) is 56.5 Å². The van der Waals surface area contributed by atoms with Crippen molar-refractivity contribution in [3.05, 3.63) is 58.4 Å². The lowest BCUT2D eigenvalue weighted by Crippen LogP contribution is -2.18. The van der Waals surface area contributed by atoms with E-state index in [2.05, 4.69) is 12.2 Å². The fourth-order valence-corrected chi connectivity index (χ4v) is 4.68. The summed E-state index contributed by atoms with van der Waals surface area (Å²) in [5, 5.41) is 2.84. The number of hydrogen-bond donors (Lipinski definition) is 1. The minimum Gasteiger partial charge on any atom is -0.490 e. The third-order valence-corrected chi connectivity index (χ3v) is 6.72. The first kappa shape index (κ1) is 30.2. The first-order valence-corrected chi connectivity index (χ1v) is 14.3. The summed E-state index contributed by atoms with van der Waals surface area (Å²) in [6.45, 7) is 6.15. The molecule has 0 aromatic heterocycles. The molecule has 3 nitrogen and oxygen atoms in total. The van der Waals surface area contributed by atoms with E-state index in [0.29, 0.717) is 17.0 Å². The number of aryl methyl sites for hydroxylation is 1. The first-order valence-electron chi connectivity index (χ1n) is 14.0. The molecule has 1 N–H and O–H groups in total. The van der Waals surface area contributed by atoms with Crippen LogP contribution in [0.1, 0.15) is 120 Å². The number of amides is 1. The van der Waals surface area contributed by atoms with Crippen LogP contribution in [0.25, 0.3) is 0 Å². The van der Waals surface area contributed by atoms with E-state index < -0.39 is 5.82 Å². The van der Waals surface area contributed by atoms with Gasteiger partial charge in [0.1, 0.15) is 11.6 Å². The SMILES string of the molecule is CCCCCCCCCCCCCCCc1cccc(OC(C)C)c1C(=O)Nc1ccc(F)c(Cl)c1. The molecule has 0 radical (unpaired) electrons. The Hall–Kier alpha value is -2.07. The molecule has 0 aliphatic heterocycles. The summed E-state index contributed by atoms with van der Waals surface area (Å²) >= 11 is 5.89. The molecule has 0 saturated heterocycles. The standard InChI is InChI=1S/C31H45ClFNO2/c1-4-5-6-7-8-9-10-11-12-13-14-15-16-18-25-19-17-20-29(36-24(2)3)30(25)31(35)34-26-21-22-28(33)27(32)23-26/h17,19-24H,4-16,18H2,1-3H3,(H,34,35). The van der Waals surface area contributed by atoms with Crippen molar-refractivity contribution in [1.29, 1.82) is 0 Å². The Morgan fingerprint density at radius 3 is 2.03 bits per heavy atom. The fourth-order valence-electron chi connectivity index (χ4n) is 4.50. The molecule has 2 aromatic rings. The molecule has 0 bridgehead atoms. The van der Waals surface area contributed by atoms with Crippen LogP contribution in [0.3, 0.4) is 0 Å². The van der Waals surface area contributed by atoms with Crippen molar-refractivity contribution >= 4 is 23.2 Å². The average molecular weight is 518 g/mol. The molecule has 0 unspecified atom stereocenters. The van der Waals surface area contributed by atoms with Gasteiger partial charge in [0.25, 0.3) is 5.91 Å². The van der Waals surface area contributed by atoms with E-state index in [1.165, 1.54) is 88.8 Å². The second-order valence-corrected chi connectivity index (χ2v) is 10.4. The summed E-state index contributed by atoms with van der Waals surface area (Å²) in [6, 6.07) is 9.97. The van der Waals surface area contributed by atoms with Gasteiger partial charge in [-0.2, -0.15) is 0 Å². The Labute approximate surface area is 223 Å². The predicted molar refractivity (Wildman–Crippen MR) is 151 cm³/mol. The van der Waals surface area contributed by atoms with E-state index in [4.69, 9.17) is 16.3 Å². The molecule has 200 valence electrons. The molecule has 0 spiro atoms. The van der Waals surface area contributed by atoms with Crippen LogP contribution < -0.4 is 10.1 Å². The third-order valence-electron chi connectivity index (χ3n) is 6.43. The van der Waals surface area contributed by atoms with Crippen molar-refractivity contribution in [3.8, 4) is 5.75 Å². The van der Waals surface area contributed by atoms with Crippen LogP contribution in [-0.4, -0.2) is 12.0 Å². The minimum absolute atomic E-state index is 0.0216. The van der Waals surface area contributed by atoms with Crippen molar-refractivity contribution in [2.75, 3.05) is 5.32 Å². The van der Waals surface area contributed by atoms with Crippen molar-refractivity contribution in [2.45, 2.75) is 117 Å². The van der Waals surface area contributed by atoms with Gasteiger partial charge in [-0.15, -0.1) is 0 Å². The minimum atomic E-state index is -0.513. The highest BCUT2D eigenvalue weighted by atomic mass is 35.5. The van der Waals surface area contributed by atoms with E-state index in [9.17, 15) is 9.18 Å². The molecule has 0 saturated carbocycles. The number of anilines is 1. The highest BCUT2D eigenvalue weighted by molar-refractivity contribution is 6.31. The van der Waals surface area contributed by atoms with Crippen LogP contribution in [0.15, 0.2) is 36.4 Å². The Morgan fingerprint density at radius 1 is 0.889 bits per heavy atom. The first-order chi connectivity index (χ1) is 17.4. The van der Waals surface area contributed by atoms with E-state index in [1.807, 2.05) is 32.0 Å². The fraction of sp³-hybridized carbons (Fsp3) is 0.581. The number of nitrogens with one attached hydrogen (secondary N) is 1. The monoisotopic (exact) mass is 517 g/mol. The van der Waals surface area contributed by atoms with Gasteiger partial charge >= 0.3 is 0 Å². The van der Waals surface area contributed by atoms with Gasteiger partial charge in [0.2, 0.25) is 0 Å². The van der Waals surface area contributed by atoms with Crippen molar-refractivity contribution in [3.63, 3.8) is 0 Å². The molecule has 2 rings (SSSR count). The summed E-state index contributed by atoms with van der Waals surface area (Å²) in [6.07, 6.45) is 17.8. The highest BCUT2D eigenvalue weighted by Crippen LogP contribution is 2.28. The maximum Gasteiger partial charge on any atom is 0.259 e. The van der Waals surface area contributed by atoms with Gasteiger partial charge in [-0.1, -0.05) is 108 Å². The topological polar surface area (TPSA) is 38.3 Å². The molecule has 0 fully saturated rings. The number of carbonyl (C=O) groups is 1. The van der Waals surface area contributed by atoms with Crippen LogP contribution in [0.2, 0.25) is 5.02 Å². The normalized spacial score (nSPS) is 11.2. The molecule has 2 aromatic carbocycles. The molecule has 5 heteroatoms. The summed E-state index contributed by atoms with van der Waals surface area (Å²) in [4.78, 5) is 13.2. The average Bonchev–Trinajstić information content (AvgIpc) is 2.84. The molecule has 1 amide bonds. The number of ether oxygens (including phenoxy) is 1. The van der Waals surface area contributed by atoms with Crippen LogP contribution in [0, 0.1) is 5.82 Å². The molecule has 0 aliphatic carbocycles. The van der Waals surface area contributed by atoms with E-state index in [0.717, 1.165) is 24.8 Å². The summed E-state index contributed by atoms with van der Waals surface area (Å²) in [5.41, 5.74) is 1.98. The number of rotatable bonds is 18. The zero-order chi connectivity index (χ0) is 26.2. The second kappa shape index (κ2) is 17.4. The number of carbonyl (C=O) groups excluding carboxylic acids is 1. The molecule has 36 heavy (non-hydrogen) atoms. The van der Waals surface area contributed by atoms with Gasteiger partial charge in [-0.25, -0.2) is 4.39 Å². The number of unbranched alkanes of at least 4 members (excludes halogenated alkanes) is 12. The predicted octanol–water partition coefficient (Wildman–Crippen LogP) is 10.2. The molecule has 0 heterocycles. The second-order valence-electron chi connectivity index (χ2n) is 10.0. The van der Waals surface area contributed by atoms with Gasteiger partial charge in [0, 0.05) is 5.69 Å². The number of hydrogen-bond acceptors (Lipinski definition) is 2. The third kappa shape index (κ3) is 11.3. The maximum absolute atomic E-state index is 13.5. The Bertz CT molecular complexity index is 915. The van der Waals surface area contributed by atoms with Crippen molar-refractivity contribution in [2.24, 2.45) is 0 Å². The van der Waals surface area contributed by atoms with Gasteiger partial charge in [-0.3, -0.25) is 4.79 Å². The highest BCUT2D eigenvalue weighted by Gasteiger charge is 2.19. The van der Waals surface area contributed by atoms with E-state index in [1.54, 1.807) is 0 Å². The lowest BCUT2D eigenvalue weighted by atomic mass is 9.98. The van der Waals surface area contributed by atoms with Crippen LogP contribution >= 0.6 is 11.6 Å².